The number of nitrogens with one attached hydrogen (secondary N) is 1. The maximum absolute atomic E-state index is 13.2. The summed E-state index contributed by atoms with van der Waals surface area (Å²) in [5.41, 5.74) is 1.14. The Kier molecular flexibility index (Phi) is 8.33. The van der Waals surface area contributed by atoms with Gasteiger partial charge in [0.1, 0.15) is 6.04 Å². The first kappa shape index (κ1) is 22.1. The Morgan fingerprint density at radius 3 is 2.34 bits per heavy atom. The maximum Gasteiger partial charge on any atom is 0.273 e. The van der Waals surface area contributed by atoms with E-state index in [9.17, 15) is 19.7 Å². The molecule has 0 saturated heterocycles. The first-order chi connectivity index (χ1) is 14.0. The monoisotopic (exact) mass is 397 g/mol. The topological polar surface area (TPSA) is 92.6 Å². The molecule has 2 amide bonds. The molecular formula is C22H27N3O4. The number of amides is 2. The van der Waals surface area contributed by atoms with Crippen molar-refractivity contribution < 1.29 is 14.5 Å². The molecule has 0 unspecified atom stereocenters. The number of hydrogen-bond donors (Lipinski definition) is 1. The first-order valence-corrected chi connectivity index (χ1v) is 9.81. The van der Waals surface area contributed by atoms with Crippen molar-refractivity contribution in [1.82, 2.24) is 10.2 Å². The molecule has 2 rings (SSSR count). The van der Waals surface area contributed by atoms with Gasteiger partial charge < -0.3 is 10.2 Å². The lowest BCUT2D eigenvalue weighted by molar-refractivity contribution is -0.385. The van der Waals surface area contributed by atoms with Crippen LogP contribution in [0.25, 0.3) is 0 Å². The van der Waals surface area contributed by atoms with E-state index in [4.69, 9.17) is 0 Å². The fraction of sp³-hybridized carbons (Fsp3) is 0.364. The Bertz CT molecular complexity index is 839. The lowest BCUT2D eigenvalue weighted by atomic mass is 10.1. The molecule has 1 atom stereocenters. The molecular weight excluding hydrogens is 370 g/mol. The van der Waals surface area contributed by atoms with Crippen molar-refractivity contribution in [2.24, 2.45) is 0 Å². The standard InChI is InChI=1S/C22H27N3O4/c1-3-14-23-22(27)19(4-2)24(16-17-10-6-5-7-11-17)21(26)15-18-12-8-9-13-20(18)25(28)29/h5-13,19H,3-4,14-16H2,1-2H3,(H,23,27)/t19-/m1/s1. The zero-order valence-electron chi connectivity index (χ0n) is 16.8. The van der Waals surface area contributed by atoms with Gasteiger partial charge in [-0.05, 0) is 18.4 Å². The molecule has 2 aromatic carbocycles. The zero-order chi connectivity index (χ0) is 21.2. The van der Waals surface area contributed by atoms with Crippen molar-refractivity contribution >= 4 is 17.5 Å². The molecule has 0 bridgehead atoms. The third kappa shape index (κ3) is 6.14. The highest BCUT2D eigenvalue weighted by Gasteiger charge is 2.29. The van der Waals surface area contributed by atoms with E-state index < -0.39 is 11.0 Å². The minimum Gasteiger partial charge on any atom is -0.354 e. The molecule has 154 valence electrons. The number of para-hydroxylation sites is 1. The summed E-state index contributed by atoms with van der Waals surface area (Å²) in [5.74, 6) is -0.525. The molecule has 0 heterocycles. The van der Waals surface area contributed by atoms with Crippen LogP contribution < -0.4 is 5.32 Å². The number of benzene rings is 2. The highest BCUT2D eigenvalue weighted by atomic mass is 16.6. The number of nitro groups is 1. The normalized spacial score (nSPS) is 11.5. The van der Waals surface area contributed by atoms with Crippen LogP contribution in [0, 0.1) is 10.1 Å². The van der Waals surface area contributed by atoms with E-state index in [0.717, 1.165) is 12.0 Å². The number of carbonyl (C=O) groups excluding carboxylic acids is 2. The Hall–Kier alpha value is -3.22. The second kappa shape index (κ2) is 10.9. The van der Waals surface area contributed by atoms with Crippen LogP contribution >= 0.6 is 0 Å². The van der Waals surface area contributed by atoms with Gasteiger partial charge in [-0.25, -0.2) is 0 Å². The SMILES string of the molecule is CCCNC(=O)[C@@H](CC)N(Cc1ccccc1)C(=O)Cc1ccccc1[N+](=O)[O-]. The van der Waals surface area contributed by atoms with Gasteiger partial charge in [-0.15, -0.1) is 0 Å². The van der Waals surface area contributed by atoms with Gasteiger partial charge in [0.25, 0.3) is 5.69 Å². The van der Waals surface area contributed by atoms with Crippen LogP contribution in [0.2, 0.25) is 0 Å². The molecule has 0 fully saturated rings. The molecule has 7 heteroatoms. The van der Waals surface area contributed by atoms with Crippen molar-refractivity contribution in [3.05, 3.63) is 75.8 Å². The average molecular weight is 397 g/mol. The summed E-state index contributed by atoms with van der Waals surface area (Å²) in [7, 11) is 0. The van der Waals surface area contributed by atoms with Crippen molar-refractivity contribution in [1.29, 1.82) is 0 Å². The van der Waals surface area contributed by atoms with Crippen LogP contribution in [0.15, 0.2) is 54.6 Å². The molecule has 0 aliphatic carbocycles. The van der Waals surface area contributed by atoms with Crippen LogP contribution in [-0.4, -0.2) is 34.2 Å². The predicted molar refractivity (Wildman–Crippen MR) is 111 cm³/mol. The smallest absolute Gasteiger partial charge is 0.273 e. The van der Waals surface area contributed by atoms with Gasteiger partial charge in [0.05, 0.1) is 11.3 Å². The molecule has 0 aliphatic heterocycles. The van der Waals surface area contributed by atoms with E-state index in [2.05, 4.69) is 5.32 Å². The van der Waals surface area contributed by atoms with E-state index in [-0.39, 0.29) is 30.5 Å². The summed E-state index contributed by atoms with van der Waals surface area (Å²) >= 11 is 0. The number of nitro benzene ring substituents is 1. The summed E-state index contributed by atoms with van der Waals surface area (Å²) in [6, 6.07) is 15.0. The van der Waals surface area contributed by atoms with Crippen LogP contribution in [0.3, 0.4) is 0 Å². The third-order valence-corrected chi connectivity index (χ3v) is 4.66. The Balaban J connectivity index is 2.31. The average Bonchev–Trinajstić information content (AvgIpc) is 2.73. The molecule has 0 spiro atoms. The van der Waals surface area contributed by atoms with Crippen LogP contribution in [0.1, 0.15) is 37.8 Å². The fourth-order valence-corrected chi connectivity index (χ4v) is 3.17. The Labute approximate surface area is 170 Å². The highest BCUT2D eigenvalue weighted by molar-refractivity contribution is 5.88. The summed E-state index contributed by atoms with van der Waals surface area (Å²) < 4.78 is 0. The van der Waals surface area contributed by atoms with Gasteiger partial charge in [-0.3, -0.25) is 19.7 Å². The number of carbonyl (C=O) groups is 2. The van der Waals surface area contributed by atoms with E-state index in [1.165, 1.54) is 11.0 Å². The van der Waals surface area contributed by atoms with Gasteiger partial charge in [0, 0.05) is 24.7 Å². The summed E-state index contributed by atoms with van der Waals surface area (Å²) in [6.07, 6.45) is 1.11. The lowest BCUT2D eigenvalue weighted by Gasteiger charge is -2.30. The van der Waals surface area contributed by atoms with Crippen molar-refractivity contribution in [2.45, 2.75) is 45.7 Å². The van der Waals surface area contributed by atoms with Gasteiger partial charge in [0.15, 0.2) is 0 Å². The van der Waals surface area contributed by atoms with Crippen molar-refractivity contribution in [3.63, 3.8) is 0 Å². The van der Waals surface area contributed by atoms with E-state index in [1.807, 2.05) is 44.2 Å². The van der Waals surface area contributed by atoms with Crippen LogP contribution in [-0.2, 0) is 22.6 Å². The number of hydrogen-bond acceptors (Lipinski definition) is 4. The van der Waals surface area contributed by atoms with Gasteiger partial charge in [0.2, 0.25) is 11.8 Å². The molecule has 0 aliphatic rings. The largest absolute Gasteiger partial charge is 0.354 e. The second-order valence-corrected chi connectivity index (χ2v) is 6.78. The quantitative estimate of drug-likeness (QED) is 0.491. The van der Waals surface area contributed by atoms with E-state index >= 15 is 0 Å². The van der Waals surface area contributed by atoms with E-state index in [0.29, 0.717) is 18.5 Å². The highest BCUT2D eigenvalue weighted by Crippen LogP contribution is 2.21. The van der Waals surface area contributed by atoms with E-state index in [1.54, 1.807) is 18.2 Å². The number of rotatable bonds is 10. The van der Waals surface area contributed by atoms with Crippen molar-refractivity contribution in [2.75, 3.05) is 6.54 Å². The lowest BCUT2D eigenvalue weighted by Crippen LogP contribution is -2.49. The summed E-state index contributed by atoms with van der Waals surface area (Å²) in [5, 5.41) is 14.2. The number of nitrogens with zero attached hydrogens (tertiary/aromatic N) is 2. The fourth-order valence-electron chi connectivity index (χ4n) is 3.17. The molecule has 29 heavy (non-hydrogen) atoms. The Morgan fingerprint density at radius 2 is 1.72 bits per heavy atom. The molecule has 7 nitrogen and oxygen atoms in total. The van der Waals surface area contributed by atoms with Gasteiger partial charge >= 0.3 is 0 Å². The predicted octanol–water partition coefficient (Wildman–Crippen LogP) is 3.47. The maximum atomic E-state index is 13.2. The first-order valence-electron chi connectivity index (χ1n) is 9.81. The molecule has 0 radical (unpaired) electrons. The third-order valence-electron chi connectivity index (χ3n) is 4.66. The minimum atomic E-state index is -0.642. The van der Waals surface area contributed by atoms with Crippen LogP contribution in [0.4, 0.5) is 5.69 Å². The van der Waals surface area contributed by atoms with Crippen molar-refractivity contribution in [3.8, 4) is 0 Å². The van der Waals surface area contributed by atoms with Gasteiger partial charge in [-0.2, -0.15) is 0 Å². The molecule has 0 saturated carbocycles. The Morgan fingerprint density at radius 1 is 1.07 bits per heavy atom. The van der Waals surface area contributed by atoms with Crippen LogP contribution in [0.5, 0.6) is 0 Å². The second-order valence-electron chi connectivity index (χ2n) is 6.78. The molecule has 0 aromatic heterocycles. The summed E-state index contributed by atoms with van der Waals surface area (Å²) in [6.45, 7) is 4.61. The molecule has 1 N–H and O–H groups in total. The summed E-state index contributed by atoms with van der Waals surface area (Å²) in [4.78, 5) is 38.2. The molecule has 2 aromatic rings. The van der Waals surface area contributed by atoms with Gasteiger partial charge in [-0.1, -0.05) is 62.4 Å². The zero-order valence-corrected chi connectivity index (χ0v) is 16.8. The minimum absolute atomic E-state index is 0.0935.